The third kappa shape index (κ3) is 4.80. The molecule has 0 aliphatic rings. The number of rotatable bonds is 8. The number of benzene rings is 2. The van der Waals surface area contributed by atoms with Crippen molar-refractivity contribution >= 4 is 41.0 Å². The van der Waals surface area contributed by atoms with Crippen LogP contribution in [0.1, 0.15) is 12.5 Å². The van der Waals surface area contributed by atoms with Crippen molar-refractivity contribution in [2.45, 2.75) is 18.6 Å². The lowest BCUT2D eigenvalue weighted by Crippen LogP contribution is -2.19. The summed E-state index contributed by atoms with van der Waals surface area (Å²) < 4.78 is 7.38. The molecular formula is C21H22N4O2S. The number of fused-ring (bicyclic) bond motifs is 1. The minimum atomic E-state index is -0.179. The highest BCUT2D eigenvalue weighted by atomic mass is 32.2. The van der Waals surface area contributed by atoms with Gasteiger partial charge in [0, 0.05) is 18.3 Å². The van der Waals surface area contributed by atoms with Gasteiger partial charge in [-0.1, -0.05) is 42.1 Å². The number of nitrogens with one attached hydrogen (secondary N) is 1. The van der Waals surface area contributed by atoms with Crippen molar-refractivity contribution in [2.24, 2.45) is 5.10 Å². The van der Waals surface area contributed by atoms with Gasteiger partial charge in [0.1, 0.15) is 5.75 Å². The number of methoxy groups -OCH3 is 1. The minimum Gasteiger partial charge on any atom is -0.496 e. The van der Waals surface area contributed by atoms with Gasteiger partial charge in [-0.25, -0.2) is 10.4 Å². The van der Waals surface area contributed by atoms with Gasteiger partial charge in [0.25, 0.3) is 5.91 Å². The lowest BCUT2D eigenvalue weighted by Gasteiger charge is -2.04. The van der Waals surface area contributed by atoms with Crippen molar-refractivity contribution in [2.75, 3.05) is 12.9 Å². The van der Waals surface area contributed by atoms with Crippen LogP contribution in [0.3, 0.4) is 0 Å². The van der Waals surface area contributed by atoms with E-state index in [-0.39, 0.29) is 11.7 Å². The fourth-order valence-electron chi connectivity index (χ4n) is 2.73. The van der Waals surface area contributed by atoms with Crippen LogP contribution in [0.2, 0.25) is 0 Å². The Balaban J connectivity index is 1.52. The first-order valence-corrected chi connectivity index (χ1v) is 9.91. The largest absolute Gasteiger partial charge is 0.496 e. The average molecular weight is 395 g/mol. The van der Waals surface area contributed by atoms with Gasteiger partial charge in [-0.3, -0.25) is 4.79 Å². The number of ether oxygens (including phenoxy) is 1. The maximum atomic E-state index is 12.0. The Hall–Kier alpha value is -3.06. The molecule has 0 atom stereocenters. The van der Waals surface area contributed by atoms with Crippen LogP contribution in [-0.2, 0) is 11.3 Å². The van der Waals surface area contributed by atoms with Gasteiger partial charge in [-0.15, -0.1) is 0 Å². The Bertz CT molecular complexity index is 1010. The summed E-state index contributed by atoms with van der Waals surface area (Å²) in [6, 6.07) is 15.6. The highest BCUT2D eigenvalue weighted by Gasteiger charge is 2.11. The van der Waals surface area contributed by atoms with Crippen LogP contribution in [0, 0.1) is 0 Å². The van der Waals surface area contributed by atoms with Crippen LogP contribution in [-0.4, -0.2) is 34.5 Å². The number of aryl methyl sites for hydroxylation is 1. The van der Waals surface area contributed by atoms with Crippen LogP contribution in [0.25, 0.3) is 17.1 Å². The summed E-state index contributed by atoms with van der Waals surface area (Å²) >= 11 is 1.40. The highest BCUT2D eigenvalue weighted by molar-refractivity contribution is 7.99. The number of allylic oxidation sites excluding steroid dienone is 1. The van der Waals surface area contributed by atoms with E-state index in [4.69, 9.17) is 4.74 Å². The lowest BCUT2D eigenvalue weighted by molar-refractivity contribution is -0.118. The Morgan fingerprint density at radius 2 is 2.04 bits per heavy atom. The summed E-state index contributed by atoms with van der Waals surface area (Å²) in [5.74, 6) is 0.852. The Morgan fingerprint density at radius 1 is 1.25 bits per heavy atom. The number of thioether (sulfide) groups is 1. The number of carbonyl (C=O) groups is 1. The Kier molecular flexibility index (Phi) is 6.86. The molecule has 0 aliphatic heterocycles. The van der Waals surface area contributed by atoms with Crippen molar-refractivity contribution in [3.8, 4) is 5.75 Å². The fraction of sp³-hybridized carbons (Fsp3) is 0.190. The molecule has 0 fully saturated rings. The van der Waals surface area contributed by atoms with Gasteiger partial charge < -0.3 is 9.30 Å². The molecule has 2 aromatic carbocycles. The number of imidazole rings is 1. The van der Waals surface area contributed by atoms with Crippen LogP contribution in [0.15, 0.2) is 64.9 Å². The molecule has 6 nitrogen and oxygen atoms in total. The highest BCUT2D eigenvalue weighted by Crippen LogP contribution is 2.23. The van der Waals surface area contributed by atoms with Crippen molar-refractivity contribution in [1.82, 2.24) is 15.0 Å². The first-order chi connectivity index (χ1) is 13.7. The maximum Gasteiger partial charge on any atom is 0.250 e. The molecule has 28 heavy (non-hydrogen) atoms. The van der Waals surface area contributed by atoms with Gasteiger partial charge in [0.2, 0.25) is 0 Å². The summed E-state index contributed by atoms with van der Waals surface area (Å²) in [4.78, 5) is 16.6. The quantitative estimate of drug-likeness (QED) is 0.357. The molecule has 1 amide bonds. The molecule has 0 radical (unpaired) electrons. The second-order valence-electron chi connectivity index (χ2n) is 5.83. The molecule has 0 spiro atoms. The second-order valence-corrected chi connectivity index (χ2v) is 6.77. The van der Waals surface area contributed by atoms with Crippen LogP contribution in [0.5, 0.6) is 5.75 Å². The zero-order valence-corrected chi connectivity index (χ0v) is 16.6. The third-order valence-electron chi connectivity index (χ3n) is 4.03. The topological polar surface area (TPSA) is 68.5 Å². The zero-order chi connectivity index (χ0) is 19.8. The van der Waals surface area contributed by atoms with E-state index in [1.54, 1.807) is 13.2 Å². The monoisotopic (exact) mass is 394 g/mol. The van der Waals surface area contributed by atoms with Crippen LogP contribution in [0.4, 0.5) is 0 Å². The molecule has 0 saturated heterocycles. The van der Waals surface area contributed by atoms with E-state index in [0.29, 0.717) is 0 Å². The molecule has 0 unspecified atom stereocenters. The molecule has 1 N–H and O–H groups in total. The second kappa shape index (κ2) is 9.75. The Labute approximate surface area is 168 Å². The lowest BCUT2D eigenvalue weighted by atomic mass is 10.2. The molecule has 0 bridgehead atoms. The Morgan fingerprint density at radius 3 is 2.86 bits per heavy atom. The minimum absolute atomic E-state index is 0.179. The van der Waals surface area contributed by atoms with E-state index in [1.807, 2.05) is 54.6 Å². The first-order valence-electron chi connectivity index (χ1n) is 8.92. The van der Waals surface area contributed by atoms with E-state index in [2.05, 4.69) is 27.0 Å². The van der Waals surface area contributed by atoms with Crippen molar-refractivity contribution in [1.29, 1.82) is 0 Å². The number of nitrogens with zero attached hydrogens (tertiary/aromatic N) is 3. The molecular weight excluding hydrogens is 372 g/mol. The van der Waals surface area contributed by atoms with E-state index in [9.17, 15) is 4.79 Å². The number of carbonyl (C=O) groups excluding carboxylic acids is 1. The average Bonchev–Trinajstić information content (AvgIpc) is 3.09. The summed E-state index contributed by atoms with van der Waals surface area (Å²) in [5.41, 5.74) is 5.48. The number of hydrogen-bond donors (Lipinski definition) is 1. The fourth-order valence-corrected chi connectivity index (χ4v) is 3.61. The summed E-state index contributed by atoms with van der Waals surface area (Å²) in [5, 5.41) is 4.78. The molecule has 1 heterocycles. The van der Waals surface area contributed by atoms with E-state index >= 15 is 0 Å². The van der Waals surface area contributed by atoms with Crippen molar-refractivity contribution < 1.29 is 9.53 Å². The molecule has 0 saturated carbocycles. The predicted octanol–water partition coefficient (Wildman–Crippen LogP) is 3.97. The molecule has 1 aromatic heterocycles. The van der Waals surface area contributed by atoms with Gasteiger partial charge in [-0.05, 0) is 37.3 Å². The van der Waals surface area contributed by atoms with Gasteiger partial charge >= 0.3 is 0 Å². The zero-order valence-electron chi connectivity index (χ0n) is 15.8. The van der Waals surface area contributed by atoms with E-state index in [0.717, 1.165) is 34.0 Å². The maximum absolute atomic E-state index is 12.0. The van der Waals surface area contributed by atoms with Crippen LogP contribution >= 0.6 is 11.8 Å². The number of hydrogen-bond acceptors (Lipinski definition) is 5. The van der Waals surface area contributed by atoms with Crippen molar-refractivity contribution in [3.05, 3.63) is 60.2 Å². The van der Waals surface area contributed by atoms with Crippen LogP contribution < -0.4 is 10.2 Å². The molecule has 144 valence electrons. The summed E-state index contributed by atoms with van der Waals surface area (Å²) in [7, 11) is 1.63. The smallest absolute Gasteiger partial charge is 0.250 e. The molecule has 3 aromatic rings. The van der Waals surface area contributed by atoms with E-state index in [1.165, 1.54) is 18.0 Å². The number of aromatic nitrogens is 2. The summed E-state index contributed by atoms with van der Waals surface area (Å²) in [6.45, 7) is 2.87. The summed E-state index contributed by atoms with van der Waals surface area (Å²) in [6.07, 6.45) is 5.16. The normalized spacial score (nSPS) is 11.5. The van der Waals surface area contributed by atoms with E-state index < -0.39 is 0 Å². The predicted molar refractivity (Wildman–Crippen MR) is 115 cm³/mol. The molecule has 7 heteroatoms. The van der Waals surface area contributed by atoms with Gasteiger partial charge in [-0.2, -0.15) is 5.10 Å². The first kappa shape index (κ1) is 19.7. The molecule has 3 rings (SSSR count). The number of hydrazone groups is 1. The SMILES string of the molecule is CCn1c(SCC(=O)N/N=C\C=C\c2ccccc2OC)nc2ccccc21. The van der Waals surface area contributed by atoms with Gasteiger partial charge in [0.05, 0.1) is 23.9 Å². The van der Waals surface area contributed by atoms with Gasteiger partial charge in [0.15, 0.2) is 5.16 Å². The molecule has 0 aliphatic carbocycles. The standard InChI is InChI=1S/C21H22N4O2S/c1-3-25-18-12-6-5-11-17(18)23-21(25)28-15-20(26)24-22-14-8-10-16-9-4-7-13-19(16)27-2/h4-14H,3,15H2,1-2H3,(H,24,26)/b10-8+,22-14-. The number of para-hydroxylation sites is 3. The third-order valence-corrected chi connectivity index (χ3v) is 5.01. The number of amides is 1. The van der Waals surface area contributed by atoms with Crippen molar-refractivity contribution in [3.63, 3.8) is 0 Å².